The first kappa shape index (κ1) is 19.2. The summed E-state index contributed by atoms with van der Waals surface area (Å²) in [5, 5.41) is 2.05. The van der Waals surface area contributed by atoms with Gasteiger partial charge in [0.1, 0.15) is 6.10 Å². The molecule has 2 atom stereocenters. The second-order valence-electron chi connectivity index (χ2n) is 7.82. The first-order valence-corrected chi connectivity index (χ1v) is 10.8. The van der Waals surface area contributed by atoms with Crippen molar-refractivity contribution < 1.29 is 14.3 Å². The summed E-state index contributed by atoms with van der Waals surface area (Å²) < 4.78 is 5.58. The molecule has 2 aliphatic rings. The van der Waals surface area contributed by atoms with Crippen molar-refractivity contribution in [3.05, 3.63) is 47.3 Å². The first-order chi connectivity index (χ1) is 13.6. The van der Waals surface area contributed by atoms with Crippen LogP contribution in [0.15, 0.2) is 41.8 Å². The summed E-state index contributed by atoms with van der Waals surface area (Å²) in [4.78, 5) is 28.5. The Morgan fingerprint density at radius 2 is 2.07 bits per heavy atom. The number of carbonyl (C=O) groups excluding carboxylic acids is 2. The van der Waals surface area contributed by atoms with Crippen molar-refractivity contribution >= 4 is 23.2 Å². The Labute approximate surface area is 169 Å². The van der Waals surface area contributed by atoms with Crippen LogP contribution in [0, 0.1) is 5.41 Å². The lowest BCUT2D eigenvalue weighted by Gasteiger charge is -2.41. The summed E-state index contributed by atoms with van der Waals surface area (Å²) in [6, 6.07) is 12.3. The van der Waals surface area contributed by atoms with Gasteiger partial charge in [0, 0.05) is 24.6 Å². The highest BCUT2D eigenvalue weighted by Crippen LogP contribution is 2.38. The first-order valence-electron chi connectivity index (χ1n) is 9.91. The maximum Gasteiger partial charge on any atom is 0.251 e. The van der Waals surface area contributed by atoms with Gasteiger partial charge in [0.25, 0.3) is 5.91 Å². The van der Waals surface area contributed by atoms with Crippen LogP contribution in [0.5, 0.6) is 0 Å². The molecule has 2 aromatic rings. The van der Waals surface area contributed by atoms with E-state index in [1.807, 2.05) is 18.2 Å². The predicted octanol–water partition coefficient (Wildman–Crippen LogP) is 3.23. The van der Waals surface area contributed by atoms with Gasteiger partial charge in [0.15, 0.2) is 0 Å². The van der Waals surface area contributed by atoms with Crippen molar-refractivity contribution in [3.63, 3.8) is 0 Å². The third kappa shape index (κ3) is 3.71. The van der Waals surface area contributed by atoms with E-state index in [2.05, 4.69) is 23.6 Å². The standard InChI is InChI=1S/C22H26N2O3S/c23-21(26)22(10-5-11-24(15-22)20(25)18-8-3-12-27-18)14-16-6-1-2-7-17(16)19-9-4-13-28-19/h1-2,4,6-7,9,13,18H,3,5,8,10-12,14-15H2,(H2,23,26). The fourth-order valence-electron chi connectivity index (χ4n) is 4.44. The Bertz CT molecular complexity index is 845. The number of rotatable bonds is 5. The Kier molecular flexibility index (Phi) is 5.51. The molecule has 148 valence electrons. The molecule has 1 aromatic heterocycles. The van der Waals surface area contributed by atoms with E-state index >= 15 is 0 Å². The molecule has 3 heterocycles. The predicted molar refractivity (Wildman–Crippen MR) is 110 cm³/mol. The molecule has 0 saturated carbocycles. The van der Waals surface area contributed by atoms with Crippen molar-refractivity contribution in [1.29, 1.82) is 0 Å². The van der Waals surface area contributed by atoms with E-state index in [-0.39, 0.29) is 17.9 Å². The van der Waals surface area contributed by atoms with Crippen LogP contribution in [-0.4, -0.2) is 42.5 Å². The Hall–Kier alpha value is -2.18. The van der Waals surface area contributed by atoms with Crippen molar-refractivity contribution in [2.75, 3.05) is 19.7 Å². The van der Waals surface area contributed by atoms with Gasteiger partial charge in [-0.2, -0.15) is 0 Å². The molecule has 4 rings (SSSR count). The van der Waals surface area contributed by atoms with E-state index in [1.165, 1.54) is 4.88 Å². The van der Waals surface area contributed by atoms with Crippen molar-refractivity contribution in [2.45, 2.75) is 38.2 Å². The maximum absolute atomic E-state index is 12.9. The van der Waals surface area contributed by atoms with Gasteiger partial charge < -0.3 is 15.4 Å². The number of hydrogen-bond acceptors (Lipinski definition) is 4. The molecule has 0 aliphatic carbocycles. The highest BCUT2D eigenvalue weighted by atomic mass is 32.1. The molecule has 5 nitrogen and oxygen atoms in total. The highest BCUT2D eigenvalue weighted by molar-refractivity contribution is 7.13. The molecule has 0 spiro atoms. The molecule has 1 aromatic carbocycles. The lowest BCUT2D eigenvalue weighted by Crippen LogP contribution is -2.55. The normalized spacial score (nSPS) is 25.0. The molecule has 28 heavy (non-hydrogen) atoms. The lowest BCUT2D eigenvalue weighted by atomic mass is 9.73. The zero-order chi connectivity index (χ0) is 19.6. The van der Waals surface area contributed by atoms with Crippen LogP contribution in [0.4, 0.5) is 0 Å². The van der Waals surface area contributed by atoms with E-state index in [1.54, 1.807) is 16.2 Å². The summed E-state index contributed by atoms with van der Waals surface area (Å²) >= 11 is 1.68. The van der Waals surface area contributed by atoms with Crippen LogP contribution < -0.4 is 5.73 Å². The van der Waals surface area contributed by atoms with Crippen LogP contribution in [0.3, 0.4) is 0 Å². The molecule has 2 aliphatic heterocycles. The molecule has 2 unspecified atom stereocenters. The van der Waals surface area contributed by atoms with Crippen molar-refractivity contribution in [1.82, 2.24) is 4.90 Å². The lowest BCUT2D eigenvalue weighted by molar-refractivity contribution is -0.147. The van der Waals surface area contributed by atoms with E-state index in [9.17, 15) is 9.59 Å². The van der Waals surface area contributed by atoms with Gasteiger partial charge in [0.2, 0.25) is 5.91 Å². The highest BCUT2D eigenvalue weighted by Gasteiger charge is 2.44. The van der Waals surface area contributed by atoms with Crippen molar-refractivity contribution in [2.24, 2.45) is 11.1 Å². The SMILES string of the molecule is NC(=O)C1(Cc2ccccc2-c2cccs2)CCCN(C(=O)C2CCCO2)C1. The number of likely N-dealkylation sites (tertiary alicyclic amines) is 1. The van der Waals surface area contributed by atoms with E-state index < -0.39 is 5.41 Å². The summed E-state index contributed by atoms with van der Waals surface area (Å²) in [6.45, 7) is 1.68. The minimum Gasteiger partial charge on any atom is -0.369 e. The van der Waals surface area contributed by atoms with Gasteiger partial charge in [-0.1, -0.05) is 30.3 Å². The summed E-state index contributed by atoms with van der Waals surface area (Å²) in [6.07, 6.45) is 3.35. The minimum atomic E-state index is -0.736. The van der Waals surface area contributed by atoms with Gasteiger partial charge in [-0.05, 0) is 54.7 Å². The van der Waals surface area contributed by atoms with Gasteiger partial charge in [-0.15, -0.1) is 11.3 Å². The van der Waals surface area contributed by atoms with Crippen LogP contribution >= 0.6 is 11.3 Å². The second-order valence-corrected chi connectivity index (χ2v) is 8.77. The van der Waals surface area contributed by atoms with E-state index in [0.29, 0.717) is 32.5 Å². The van der Waals surface area contributed by atoms with Gasteiger partial charge in [0.05, 0.1) is 5.41 Å². The summed E-state index contributed by atoms with van der Waals surface area (Å²) in [5.41, 5.74) is 7.44. The van der Waals surface area contributed by atoms with E-state index in [0.717, 1.165) is 30.4 Å². The smallest absolute Gasteiger partial charge is 0.251 e. The Morgan fingerprint density at radius 1 is 1.21 bits per heavy atom. The number of benzene rings is 1. The molecule has 2 fully saturated rings. The molecule has 6 heteroatoms. The summed E-state index contributed by atoms with van der Waals surface area (Å²) in [7, 11) is 0. The number of nitrogens with zero attached hydrogens (tertiary/aromatic N) is 1. The largest absolute Gasteiger partial charge is 0.369 e. The number of hydrogen-bond donors (Lipinski definition) is 1. The van der Waals surface area contributed by atoms with Crippen LogP contribution in [0.2, 0.25) is 0 Å². The molecule has 2 amide bonds. The number of primary amides is 1. The topological polar surface area (TPSA) is 72.6 Å². The number of thiophene rings is 1. The monoisotopic (exact) mass is 398 g/mol. The third-order valence-electron chi connectivity index (χ3n) is 5.95. The molecule has 2 saturated heterocycles. The average Bonchev–Trinajstić information content (AvgIpc) is 3.42. The second kappa shape index (κ2) is 8.05. The number of piperidine rings is 1. The zero-order valence-electron chi connectivity index (χ0n) is 15.9. The van der Waals surface area contributed by atoms with Gasteiger partial charge >= 0.3 is 0 Å². The fraction of sp³-hybridized carbons (Fsp3) is 0.455. The summed E-state index contributed by atoms with van der Waals surface area (Å²) in [5.74, 6) is -0.312. The Balaban J connectivity index is 1.60. The number of carbonyl (C=O) groups is 2. The fourth-order valence-corrected chi connectivity index (χ4v) is 5.23. The molecule has 0 bridgehead atoms. The zero-order valence-corrected chi connectivity index (χ0v) is 16.7. The number of amides is 2. The quantitative estimate of drug-likeness (QED) is 0.840. The van der Waals surface area contributed by atoms with E-state index in [4.69, 9.17) is 10.5 Å². The molecule has 0 radical (unpaired) electrons. The average molecular weight is 399 g/mol. The maximum atomic E-state index is 12.9. The third-order valence-corrected chi connectivity index (χ3v) is 6.85. The number of nitrogens with two attached hydrogens (primary N) is 1. The minimum absolute atomic E-state index is 0.00867. The Morgan fingerprint density at radius 3 is 2.79 bits per heavy atom. The van der Waals surface area contributed by atoms with Gasteiger partial charge in [-0.3, -0.25) is 9.59 Å². The molecular formula is C22H26N2O3S. The van der Waals surface area contributed by atoms with Crippen LogP contribution in [0.1, 0.15) is 31.2 Å². The van der Waals surface area contributed by atoms with Crippen molar-refractivity contribution in [3.8, 4) is 10.4 Å². The van der Waals surface area contributed by atoms with Crippen LogP contribution in [0.25, 0.3) is 10.4 Å². The van der Waals surface area contributed by atoms with Gasteiger partial charge in [-0.25, -0.2) is 0 Å². The van der Waals surface area contributed by atoms with Crippen LogP contribution in [-0.2, 0) is 20.7 Å². The number of ether oxygens (including phenoxy) is 1. The molecular weight excluding hydrogens is 372 g/mol. The molecule has 2 N–H and O–H groups in total.